The number of hydrogen-bond acceptors (Lipinski definition) is 3. The fourth-order valence-corrected chi connectivity index (χ4v) is 2.62. The Hall–Kier alpha value is -1.79. The molecule has 3 aromatic rings. The molecule has 2 heterocycles. The van der Waals surface area contributed by atoms with Gasteiger partial charge in [0.15, 0.2) is 4.67 Å². The van der Waals surface area contributed by atoms with E-state index in [1.165, 1.54) is 0 Å². The highest BCUT2D eigenvalue weighted by Gasteiger charge is 2.17. The van der Waals surface area contributed by atoms with Gasteiger partial charge in [-0.25, -0.2) is 4.79 Å². The number of aromatic nitrogens is 2. The van der Waals surface area contributed by atoms with E-state index >= 15 is 0 Å². The Kier molecular flexibility index (Phi) is 3.50. The molecule has 5 nitrogen and oxygen atoms in total. The molecule has 0 spiro atoms. The molecule has 1 aromatic carbocycles. The van der Waals surface area contributed by atoms with Crippen LogP contribution in [-0.2, 0) is 0 Å². The molecule has 104 valence electrons. The maximum Gasteiger partial charge on any atom is 0.323 e. The van der Waals surface area contributed by atoms with Gasteiger partial charge in [0, 0.05) is 0 Å². The van der Waals surface area contributed by atoms with Crippen molar-refractivity contribution in [3.05, 3.63) is 56.8 Å². The number of halogens is 1. The largest absolute Gasteiger partial charge is 0.452 e. The van der Waals surface area contributed by atoms with Gasteiger partial charge in [0.05, 0.1) is 17.1 Å². The lowest BCUT2D eigenvalue weighted by molar-refractivity contribution is 0.437. The second-order valence-corrected chi connectivity index (χ2v) is 5.30. The normalized spacial score (nSPS) is 12.9. The zero-order valence-electron chi connectivity index (χ0n) is 10.9. The molecule has 0 bridgehead atoms. The number of H-pyrrole nitrogens is 2. The summed E-state index contributed by atoms with van der Waals surface area (Å²) in [6.07, 6.45) is 0. The van der Waals surface area contributed by atoms with Gasteiger partial charge in [-0.3, -0.25) is 0 Å². The van der Waals surface area contributed by atoms with Gasteiger partial charge in [0.25, 0.3) is 0 Å². The van der Waals surface area contributed by atoms with E-state index in [1.807, 2.05) is 37.3 Å². The van der Waals surface area contributed by atoms with Gasteiger partial charge < -0.3 is 19.7 Å². The molecular formula is C14H14BrN3O2. The molecule has 3 rings (SSSR count). The van der Waals surface area contributed by atoms with E-state index in [0.29, 0.717) is 4.67 Å². The van der Waals surface area contributed by atoms with Crippen LogP contribution in [0.2, 0.25) is 0 Å². The Balaban J connectivity index is 2.06. The van der Waals surface area contributed by atoms with Gasteiger partial charge in [-0.1, -0.05) is 13.0 Å². The Morgan fingerprint density at radius 2 is 2.05 bits per heavy atom. The van der Waals surface area contributed by atoms with Crippen LogP contribution in [0, 0.1) is 0 Å². The highest BCUT2D eigenvalue weighted by Crippen LogP contribution is 2.27. The SMILES string of the molecule is CCNC(c1ccc2[nH]c(=O)[nH]c2c1)c1ccc(Br)o1. The highest BCUT2D eigenvalue weighted by atomic mass is 79.9. The van der Waals surface area contributed by atoms with Crippen molar-refractivity contribution in [2.24, 2.45) is 0 Å². The summed E-state index contributed by atoms with van der Waals surface area (Å²) >= 11 is 3.32. The summed E-state index contributed by atoms with van der Waals surface area (Å²) in [6, 6.07) is 9.59. The van der Waals surface area contributed by atoms with E-state index in [-0.39, 0.29) is 11.7 Å². The minimum atomic E-state index is -0.196. The predicted molar refractivity (Wildman–Crippen MR) is 80.8 cm³/mol. The van der Waals surface area contributed by atoms with Crippen molar-refractivity contribution in [3.8, 4) is 0 Å². The third-order valence-electron chi connectivity index (χ3n) is 3.16. The number of aromatic amines is 2. The third-order valence-corrected chi connectivity index (χ3v) is 3.59. The second-order valence-electron chi connectivity index (χ2n) is 4.52. The smallest absolute Gasteiger partial charge is 0.323 e. The van der Waals surface area contributed by atoms with Gasteiger partial charge in [0.1, 0.15) is 5.76 Å². The molecule has 6 heteroatoms. The number of fused-ring (bicyclic) bond motifs is 1. The van der Waals surface area contributed by atoms with Gasteiger partial charge in [-0.2, -0.15) is 0 Å². The molecule has 1 atom stereocenters. The molecule has 20 heavy (non-hydrogen) atoms. The quantitative estimate of drug-likeness (QED) is 0.686. The van der Waals surface area contributed by atoms with Crippen molar-refractivity contribution in [1.82, 2.24) is 15.3 Å². The van der Waals surface area contributed by atoms with Crippen molar-refractivity contribution >= 4 is 27.0 Å². The first-order valence-electron chi connectivity index (χ1n) is 6.38. The monoisotopic (exact) mass is 335 g/mol. The number of imidazole rings is 1. The van der Waals surface area contributed by atoms with E-state index < -0.39 is 0 Å². The molecular weight excluding hydrogens is 322 g/mol. The average Bonchev–Trinajstić information content (AvgIpc) is 3.00. The number of rotatable bonds is 4. The molecule has 0 saturated heterocycles. The molecule has 0 aliphatic carbocycles. The third kappa shape index (κ3) is 2.44. The summed E-state index contributed by atoms with van der Waals surface area (Å²) in [5.74, 6) is 0.830. The van der Waals surface area contributed by atoms with Gasteiger partial charge in [-0.05, 0) is 52.3 Å². The van der Waals surface area contributed by atoms with E-state index in [2.05, 4.69) is 31.2 Å². The van der Waals surface area contributed by atoms with E-state index in [0.717, 1.165) is 28.9 Å². The summed E-state index contributed by atoms with van der Waals surface area (Å²) in [5.41, 5.74) is 2.44. The zero-order valence-corrected chi connectivity index (χ0v) is 12.5. The average molecular weight is 336 g/mol. The van der Waals surface area contributed by atoms with Crippen LogP contribution in [0.3, 0.4) is 0 Å². The van der Waals surface area contributed by atoms with Crippen LogP contribution in [0.4, 0.5) is 0 Å². The zero-order chi connectivity index (χ0) is 14.1. The summed E-state index contributed by atoms with van der Waals surface area (Å²) in [6.45, 7) is 2.85. The van der Waals surface area contributed by atoms with E-state index in [9.17, 15) is 4.79 Å². The Morgan fingerprint density at radius 1 is 1.25 bits per heavy atom. The van der Waals surface area contributed by atoms with Crippen molar-refractivity contribution in [2.45, 2.75) is 13.0 Å². The topological polar surface area (TPSA) is 73.8 Å². The fraction of sp³-hybridized carbons (Fsp3) is 0.214. The van der Waals surface area contributed by atoms with Crippen LogP contribution >= 0.6 is 15.9 Å². The van der Waals surface area contributed by atoms with Crippen molar-refractivity contribution in [2.75, 3.05) is 6.54 Å². The van der Waals surface area contributed by atoms with Gasteiger partial charge in [0.2, 0.25) is 0 Å². The Labute approximate surface area is 123 Å². The molecule has 0 saturated carbocycles. The number of benzene rings is 1. The number of furan rings is 1. The molecule has 0 radical (unpaired) electrons. The van der Waals surface area contributed by atoms with Crippen LogP contribution in [0.15, 0.2) is 44.2 Å². The highest BCUT2D eigenvalue weighted by molar-refractivity contribution is 9.10. The first-order chi connectivity index (χ1) is 9.67. The fourth-order valence-electron chi connectivity index (χ4n) is 2.30. The van der Waals surface area contributed by atoms with Crippen molar-refractivity contribution in [3.63, 3.8) is 0 Å². The molecule has 3 N–H and O–H groups in total. The van der Waals surface area contributed by atoms with Crippen LogP contribution in [0.1, 0.15) is 24.3 Å². The van der Waals surface area contributed by atoms with Crippen LogP contribution in [-0.4, -0.2) is 16.5 Å². The molecule has 0 aliphatic rings. The maximum absolute atomic E-state index is 11.3. The summed E-state index contributed by atoms with van der Waals surface area (Å²) in [7, 11) is 0. The van der Waals surface area contributed by atoms with E-state index in [4.69, 9.17) is 4.42 Å². The summed E-state index contributed by atoms with van der Waals surface area (Å²) in [5, 5.41) is 3.38. The molecule has 2 aromatic heterocycles. The van der Waals surface area contributed by atoms with Gasteiger partial charge in [-0.15, -0.1) is 0 Å². The standard InChI is InChI=1S/C14H14BrN3O2/c1-2-16-13(11-5-6-12(15)20-11)8-3-4-9-10(7-8)18-14(19)17-9/h3-7,13,16H,2H2,1H3,(H2,17,18,19). The molecule has 0 amide bonds. The lowest BCUT2D eigenvalue weighted by Crippen LogP contribution is -2.21. The lowest BCUT2D eigenvalue weighted by Gasteiger charge is -2.16. The predicted octanol–water partition coefficient (Wildman–Crippen LogP) is 2.91. The Morgan fingerprint density at radius 3 is 2.75 bits per heavy atom. The summed E-state index contributed by atoms with van der Waals surface area (Å²) < 4.78 is 6.34. The van der Waals surface area contributed by atoms with Crippen molar-refractivity contribution in [1.29, 1.82) is 0 Å². The van der Waals surface area contributed by atoms with Gasteiger partial charge >= 0.3 is 5.69 Å². The lowest BCUT2D eigenvalue weighted by atomic mass is 10.0. The molecule has 0 fully saturated rings. The first kappa shape index (κ1) is 13.2. The van der Waals surface area contributed by atoms with E-state index in [1.54, 1.807) is 0 Å². The number of hydrogen-bond donors (Lipinski definition) is 3. The molecule has 0 aliphatic heterocycles. The Bertz CT molecular complexity index is 787. The first-order valence-corrected chi connectivity index (χ1v) is 7.17. The number of nitrogens with one attached hydrogen (secondary N) is 3. The summed E-state index contributed by atoms with van der Waals surface area (Å²) in [4.78, 5) is 16.8. The molecule has 1 unspecified atom stereocenters. The van der Waals surface area contributed by atoms with Crippen molar-refractivity contribution < 1.29 is 4.42 Å². The van der Waals surface area contributed by atoms with Crippen LogP contribution in [0.25, 0.3) is 11.0 Å². The maximum atomic E-state index is 11.3. The van der Waals surface area contributed by atoms with Crippen LogP contribution < -0.4 is 11.0 Å². The second kappa shape index (κ2) is 5.30. The minimum absolute atomic E-state index is 0.0471. The minimum Gasteiger partial charge on any atom is -0.452 e. The van der Waals surface area contributed by atoms with Crippen LogP contribution in [0.5, 0.6) is 0 Å².